The Kier molecular flexibility index (Phi) is 5.92. The molecule has 2 aromatic heterocycles. The normalized spacial score (nSPS) is 11.0. The predicted octanol–water partition coefficient (Wildman–Crippen LogP) is 2.57. The van der Waals surface area contributed by atoms with E-state index in [1.165, 1.54) is 23.1 Å². The molecule has 0 aliphatic heterocycles. The van der Waals surface area contributed by atoms with Crippen molar-refractivity contribution in [1.82, 2.24) is 9.55 Å². The Bertz CT molecular complexity index is 935. The average molecular weight is 390 g/mol. The summed E-state index contributed by atoms with van der Waals surface area (Å²) in [5.41, 5.74) is 7.49. The summed E-state index contributed by atoms with van der Waals surface area (Å²) >= 11 is 2.61. The molecule has 0 unspecified atom stereocenters. The highest BCUT2D eigenvalue weighted by Gasteiger charge is 2.15. The molecule has 0 saturated heterocycles. The number of methoxy groups -OCH3 is 1. The molecule has 2 heterocycles. The number of imidazole rings is 1. The van der Waals surface area contributed by atoms with Crippen LogP contribution in [0.1, 0.15) is 10.4 Å². The van der Waals surface area contributed by atoms with E-state index >= 15 is 0 Å². The molecule has 1 aromatic carbocycles. The van der Waals surface area contributed by atoms with E-state index in [1.807, 2.05) is 28.8 Å². The Labute approximate surface area is 158 Å². The van der Waals surface area contributed by atoms with Crippen molar-refractivity contribution in [2.75, 3.05) is 24.8 Å². The van der Waals surface area contributed by atoms with Crippen LogP contribution in [0.4, 0.5) is 5.00 Å². The van der Waals surface area contributed by atoms with E-state index in [-0.39, 0.29) is 11.7 Å². The highest BCUT2D eigenvalue weighted by atomic mass is 32.2. The summed E-state index contributed by atoms with van der Waals surface area (Å²) in [5.74, 6) is -0.604. The molecule has 3 aromatic rings. The monoisotopic (exact) mass is 390 g/mol. The third-order valence-corrected chi connectivity index (χ3v) is 5.46. The van der Waals surface area contributed by atoms with Crippen molar-refractivity contribution < 1.29 is 14.3 Å². The maximum atomic E-state index is 12.3. The number of aromatic nitrogens is 2. The number of carbonyl (C=O) groups is 2. The number of nitrogens with zero attached hydrogens (tertiary/aromatic N) is 2. The Morgan fingerprint density at radius 2 is 2.15 bits per heavy atom. The number of primary amides is 1. The third-order valence-electron chi connectivity index (χ3n) is 3.65. The SMILES string of the molecule is COCCn1c(SCC(=O)Nc2sccc2C(N)=O)nc2ccccc21. The molecule has 0 atom stereocenters. The van der Waals surface area contributed by atoms with Crippen molar-refractivity contribution in [1.29, 1.82) is 0 Å². The van der Waals surface area contributed by atoms with Gasteiger partial charge < -0.3 is 20.4 Å². The van der Waals surface area contributed by atoms with E-state index < -0.39 is 5.91 Å². The number of hydrogen-bond acceptors (Lipinski definition) is 6. The first kappa shape index (κ1) is 18.4. The van der Waals surface area contributed by atoms with Gasteiger partial charge in [0.15, 0.2) is 5.16 Å². The van der Waals surface area contributed by atoms with Crippen molar-refractivity contribution >= 4 is 50.9 Å². The van der Waals surface area contributed by atoms with Gasteiger partial charge in [-0.15, -0.1) is 11.3 Å². The van der Waals surface area contributed by atoms with Gasteiger partial charge in [-0.2, -0.15) is 0 Å². The van der Waals surface area contributed by atoms with Crippen molar-refractivity contribution in [3.05, 3.63) is 41.3 Å². The smallest absolute Gasteiger partial charge is 0.251 e. The number of hydrogen-bond donors (Lipinski definition) is 2. The zero-order valence-corrected chi connectivity index (χ0v) is 15.7. The molecule has 3 rings (SSSR count). The molecule has 0 radical (unpaired) electrons. The first-order valence-corrected chi connectivity index (χ1v) is 9.71. The maximum absolute atomic E-state index is 12.3. The summed E-state index contributed by atoms with van der Waals surface area (Å²) in [6, 6.07) is 9.41. The topological polar surface area (TPSA) is 99.2 Å². The van der Waals surface area contributed by atoms with Crippen molar-refractivity contribution in [2.45, 2.75) is 11.7 Å². The fraction of sp³-hybridized carbons (Fsp3) is 0.235. The molecule has 0 fully saturated rings. The van der Waals surface area contributed by atoms with Gasteiger partial charge in [0.2, 0.25) is 5.91 Å². The van der Waals surface area contributed by atoms with E-state index in [9.17, 15) is 9.59 Å². The van der Waals surface area contributed by atoms with E-state index in [0.717, 1.165) is 16.2 Å². The van der Waals surface area contributed by atoms with Crippen LogP contribution in [0.15, 0.2) is 40.9 Å². The molecule has 3 N–H and O–H groups in total. The maximum Gasteiger partial charge on any atom is 0.251 e. The summed E-state index contributed by atoms with van der Waals surface area (Å²) in [5, 5.41) is 5.67. The van der Waals surface area contributed by atoms with Crippen LogP contribution in [0.25, 0.3) is 11.0 Å². The van der Waals surface area contributed by atoms with Gasteiger partial charge in [-0.3, -0.25) is 9.59 Å². The standard InChI is InChI=1S/C17H18N4O3S2/c1-24-8-7-21-13-5-3-2-4-12(13)19-17(21)26-10-14(22)20-16-11(15(18)23)6-9-25-16/h2-6,9H,7-8,10H2,1H3,(H2,18,23)(H,20,22). The van der Waals surface area contributed by atoms with Gasteiger partial charge >= 0.3 is 0 Å². The number of ether oxygens (including phenoxy) is 1. The molecule has 0 aliphatic rings. The van der Waals surface area contributed by atoms with Crippen LogP contribution >= 0.6 is 23.1 Å². The van der Waals surface area contributed by atoms with E-state index in [4.69, 9.17) is 10.5 Å². The van der Waals surface area contributed by atoms with E-state index in [1.54, 1.807) is 18.6 Å². The molecular formula is C17H18N4O3S2. The van der Waals surface area contributed by atoms with Crippen LogP contribution in [0.3, 0.4) is 0 Å². The van der Waals surface area contributed by atoms with Crippen LogP contribution in [0.2, 0.25) is 0 Å². The highest BCUT2D eigenvalue weighted by molar-refractivity contribution is 7.99. The number of thiophene rings is 1. The number of nitrogens with one attached hydrogen (secondary N) is 1. The minimum Gasteiger partial charge on any atom is -0.383 e. The number of carbonyl (C=O) groups excluding carboxylic acids is 2. The molecule has 136 valence electrons. The second-order valence-corrected chi connectivity index (χ2v) is 7.25. The molecule has 0 spiro atoms. The summed E-state index contributed by atoms with van der Waals surface area (Å²) in [6.07, 6.45) is 0. The first-order valence-electron chi connectivity index (χ1n) is 7.84. The molecule has 0 saturated carbocycles. The molecular weight excluding hydrogens is 372 g/mol. The number of rotatable bonds is 8. The van der Waals surface area contributed by atoms with Crippen LogP contribution < -0.4 is 11.1 Å². The fourth-order valence-electron chi connectivity index (χ4n) is 2.46. The zero-order valence-electron chi connectivity index (χ0n) is 14.1. The second kappa shape index (κ2) is 8.35. The Hall–Kier alpha value is -2.36. The Balaban J connectivity index is 1.71. The van der Waals surface area contributed by atoms with Crippen LogP contribution in [-0.2, 0) is 16.1 Å². The molecule has 26 heavy (non-hydrogen) atoms. The molecule has 7 nitrogen and oxygen atoms in total. The zero-order chi connectivity index (χ0) is 18.5. The van der Waals surface area contributed by atoms with Crippen molar-refractivity contribution in [3.63, 3.8) is 0 Å². The lowest BCUT2D eigenvalue weighted by molar-refractivity contribution is -0.113. The van der Waals surface area contributed by atoms with Gasteiger partial charge in [0.25, 0.3) is 5.91 Å². The number of para-hydroxylation sites is 2. The van der Waals surface area contributed by atoms with Crippen molar-refractivity contribution in [3.8, 4) is 0 Å². The minimum absolute atomic E-state index is 0.173. The van der Waals surface area contributed by atoms with Gasteiger partial charge in [-0.25, -0.2) is 4.98 Å². The number of fused-ring (bicyclic) bond motifs is 1. The highest BCUT2D eigenvalue weighted by Crippen LogP contribution is 2.26. The van der Waals surface area contributed by atoms with Crippen molar-refractivity contribution in [2.24, 2.45) is 5.73 Å². The van der Waals surface area contributed by atoms with Gasteiger partial charge in [0, 0.05) is 13.7 Å². The van der Waals surface area contributed by atoms with E-state index in [0.29, 0.717) is 23.7 Å². The fourth-order valence-corrected chi connectivity index (χ4v) is 4.10. The lowest BCUT2D eigenvalue weighted by atomic mass is 10.3. The Morgan fingerprint density at radius 3 is 2.92 bits per heavy atom. The summed E-state index contributed by atoms with van der Waals surface area (Å²) in [6.45, 7) is 1.20. The number of thioether (sulfide) groups is 1. The lowest BCUT2D eigenvalue weighted by Gasteiger charge is -2.08. The average Bonchev–Trinajstić information content (AvgIpc) is 3.22. The van der Waals surface area contributed by atoms with Gasteiger partial charge in [0.05, 0.1) is 29.0 Å². The molecule has 0 bridgehead atoms. The molecule has 0 aliphatic carbocycles. The van der Waals surface area contributed by atoms with Gasteiger partial charge in [-0.05, 0) is 23.6 Å². The lowest BCUT2D eigenvalue weighted by Crippen LogP contribution is -2.18. The number of amides is 2. The summed E-state index contributed by atoms with van der Waals surface area (Å²) in [4.78, 5) is 28.2. The Morgan fingerprint density at radius 1 is 1.35 bits per heavy atom. The number of anilines is 1. The minimum atomic E-state index is -0.560. The molecule has 9 heteroatoms. The number of nitrogens with two attached hydrogens (primary N) is 1. The van der Waals surface area contributed by atoms with Gasteiger partial charge in [-0.1, -0.05) is 23.9 Å². The number of benzene rings is 1. The first-order chi connectivity index (χ1) is 12.6. The van der Waals surface area contributed by atoms with E-state index in [2.05, 4.69) is 10.3 Å². The quantitative estimate of drug-likeness (QED) is 0.576. The second-order valence-electron chi connectivity index (χ2n) is 5.39. The molecule has 2 amide bonds. The van der Waals surface area contributed by atoms with Gasteiger partial charge in [0.1, 0.15) is 5.00 Å². The summed E-state index contributed by atoms with van der Waals surface area (Å²) < 4.78 is 7.21. The largest absolute Gasteiger partial charge is 0.383 e. The summed E-state index contributed by atoms with van der Waals surface area (Å²) in [7, 11) is 1.65. The van der Waals surface area contributed by atoms with Crippen LogP contribution in [-0.4, -0.2) is 40.8 Å². The van der Waals surface area contributed by atoms with Crippen LogP contribution in [0.5, 0.6) is 0 Å². The predicted molar refractivity (Wildman–Crippen MR) is 104 cm³/mol. The third kappa shape index (κ3) is 4.06. The van der Waals surface area contributed by atoms with Crippen LogP contribution in [0, 0.1) is 0 Å².